The van der Waals surface area contributed by atoms with E-state index in [1.54, 1.807) is 26.1 Å². The molecule has 1 fully saturated rings. The summed E-state index contributed by atoms with van der Waals surface area (Å²) in [6.45, 7) is 1.80. The van der Waals surface area contributed by atoms with Crippen LogP contribution in [0.5, 0.6) is 5.75 Å². The van der Waals surface area contributed by atoms with Crippen molar-refractivity contribution in [3.05, 3.63) is 29.8 Å². The van der Waals surface area contributed by atoms with Crippen LogP contribution in [0.3, 0.4) is 0 Å². The Labute approximate surface area is 183 Å². The zero-order chi connectivity index (χ0) is 18.8. The number of methoxy groups -OCH3 is 1. The molecule has 6 nitrogen and oxygen atoms in total. The lowest BCUT2D eigenvalue weighted by Crippen LogP contribution is -2.41. The zero-order valence-electron chi connectivity index (χ0n) is 16.4. The van der Waals surface area contributed by atoms with Gasteiger partial charge in [0.05, 0.1) is 7.11 Å². The first-order valence-corrected chi connectivity index (χ1v) is 10.1. The summed E-state index contributed by atoms with van der Waals surface area (Å²) in [5, 5.41) is 7.36. The van der Waals surface area contributed by atoms with Gasteiger partial charge in [0.2, 0.25) is 5.91 Å². The first-order valence-electron chi connectivity index (χ1n) is 9.05. The molecular weight excluding hydrogens is 475 g/mol. The number of guanidine groups is 1. The average Bonchev–Trinajstić information content (AvgIpc) is 3.17. The molecule has 1 aromatic rings. The van der Waals surface area contributed by atoms with Gasteiger partial charge in [-0.2, -0.15) is 11.8 Å². The number of carbonyl (C=O) groups is 1. The maximum atomic E-state index is 11.8. The molecule has 0 bridgehead atoms. The largest absolute Gasteiger partial charge is 0.497 e. The number of carbonyl (C=O) groups excluding carboxylic acids is 1. The minimum atomic E-state index is -0.00324. The predicted octanol–water partition coefficient (Wildman–Crippen LogP) is 2.37. The second-order valence-corrected chi connectivity index (χ2v) is 7.90. The topological polar surface area (TPSA) is 66.0 Å². The highest BCUT2D eigenvalue weighted by Gasteiger charge is 2.15. The summed E-state index contributed by atoms with van der Waals surface area (Å²) in [6, 6.07) is 8.07. The molecule has 8 heteroatoms. The maximum Gasteiger partial charge on any atom is 0.243 e. The van der Waals surface area contributed by atoms with Crippen molar-refractivity contribution >= 4 is 47.6 Å². The van der Waals surface area contributed by atoms with Crippen molar-refractivity contribution in [2.24, 2.45) is 4.99 Å². The second kappa shape index (κ2) is 13.1. The van der Waals surface area contributed by atoms with Gasteiger partial charge < -0.3 is 20.3 Å². The van der Waals surface area contributed by atoms with E-state index in [-0.39, 0.29) is 36.4 Å². The molecule has 1 unspecified atom stereocenters. The van der Waals surface area contributed by atoms with Gasteiger partial charge in [0.25, 0.3) is 0 Å². The quantitative estimate of drug-likeness (QED) is 0.322. The van der Waals surface area contributed by atoms with Gasteiger partial charge in [0, 0.05) is 32.4 Å². The SMILES string of the molecule is COc1ccc(CCNC(=NCC(=O)N(C)C)NCC2CCCS2)cc1.I. The van der Waals surface area contributed by atoms with E-state index in [1.165, 1.54) is 24.2 Å². The number of hydrogen-bond acceptors (Lipinski definition) is 4. The third-order valence-corrected chi connectivity index (χ3v) is 5.66. The van der Waals surface area contributed by atoms with Crippen LogP contribution in [0.2, 0.25) is 0 Å². The molecule has 0 spiro atoms. The average molecular weight is 506 g/mol. The number of hydrogen-bond donors (Lipinski definition) is 2. The fourth-order valence-electron chi connectivity index (χ4n) is 2.60. The van der Waals surface area contributed by atoms with E-state index in [1.807, 2.05) is 23.9 Å². The van der Waals surface area contributed by atoms with Gasteiger partial charge >= 0.3 is 0 Å². The molecule has 1 aromatic carbocycles. The molecule has 1 aliphatic rings. The molecular formula is C19H31IN4O2S. The number of halogens is 1. The van der Waals surface area contributed by atoms with Crippen LogP contribution < -0.4 is 15.4 Å². The molecule has 1 saturated heterocycles. The molecule has 0 aliphatic carbocycles. The summed E-state index contributed by atoms with van der Waals surface area (Å²) in [7, 11) is 5.16. The van der Waals surface area contributed by atoms with E-state index in [9.17, 15) is 4.79 Å². The Kier molecular flexibility index (Phi) is 11.6. The summed E-state index contributed by atoms with van der Waals surface area (Å²) in [5.74, 6) is 2.81. The van der Waals surface area contributed by atoms with Crippen molar-refractivity contribution in [1.82, 2.24) is 15.5 Å². The Bertz CT molecular complexity index is 590. The van der Waals surface area contributed by atoms with E-state index in [0.717, 1.165) is 25.3 Å². The van der Waals surface area contributed by atoms with E-state index in [0.29, 0.717) is 11.2 Å². The van der Waals surface area contributed by atoms with Gasteiger partial charge in [-0.25, -0.2) is 4.99 Å². The maximum absolute atomic E-state index is 11.8. The molecule has 1 aliphatic heterocycles. The van der Waals surface area contributed by atoms with Gasteiger partial charge in [0.15, 0.2) is 5.96 Å². The molecule has 27 heavy (non-hydrogen) atoms. The van der Waals surface area contributed by atoms with Crippen LogP contribution >= 0.6 is 35.7 Å². The zero-order valence-corrected chi connectivity index (χ0v) is 19.5. The Morgan fingerprint density at radius 3 is 2.63 bits per heavy atom. The normalized spacial score (nSPS) is 16.4. The minimum Gasteiger partial charge on any atom is -0.497 e. The standard InChI is InChI=1S/C19H30N4O2S.HI/c1-23(2)18(24)14-22-19(21-13-17-5-4-12-26-17)20-11-10-15-6-8-16(25-3)9-7-15;/h6-9,17H,4-5,10-14H2,1-3H3,(H2,20,21,22);1H. The number of aliphatic imine (C=N–C) groups is 1. The summed E-state index contributed by atoms with van der Waals surface area (Å²) >= 11 is 2.01. The molecule has 0 aromatic heterocycles. The van der Waals surface area contributed by atoms with Crippen molar-refractivity contribution in [1.29, 1.82) is 0 Å². The molecule has 152 valence electrons. The second-order valence-electron chi connectivity index (χ2n) is 6.49. The minimum absolute atomic E-state index is 0. The molecule has 1 amide bonds. The first-order chi connectivity index (χ1) is 12.6. The molecule has 2 N–H and O–H groups in total. The molecule has 0 radical (unpaired) electrons. The van der Waals surface area contributed by atoms with Crippen molar-refractivity contribution in [2.75, 3.05) is 46.6 Å². The highest BCUT2D eigenvalue weighted by Crippen LogP contribution is 2.25. The van der Waals surface area contributed by atoms with Gasteiger partial charge in [0.1, 0.15) is 12.3 Å². The number of nitrogens with one attached hydrogen (secondary N) is 2. The smallest absolute Gasteiger partial charge is 0.243 e. The van der Waals surface area contributed by atoms with E-state index in [2.05, 4.69) is 27.8 Å². The number of likely N-dealkylation sites (N-methyl/N-ethyl adjacent to an activating group) is 1. The molecule has 1 atom stereocenters. The Balaban J connectivity index is 0.00000364. The van der Waals surface area contributed by atoms with Gasteiger partial charge in [-0.1, -0.05) is 12.1 Å². The van der Waals surface area contributed by atoms with Crippen molar-refractivity contribution in [2.45, 2.75) is 24.5 Å². The highest BCUT2D eigenvalue weighted by atomic mass is 127. The van der Waals surface area contributed by atoms with E-state index < -0.39 is 0 Å². The van der Waals surface area contributed by atoms with Crippen molar-refractivity contribution < 1.29 is 9.53 Å². The first kappa shape index (κ1) is 23.9. The number of nitrogens with zero attached hydrogens (tertiary/aromatic N) is 2. The monoisotopic (exact) mass is 506 g/mol. The fourth-order valence-corrected chi connectivity index (χ4v) is 3.80. The lowest BCUT2D eigenvalue weighted by molar-refractivity contribution is -0.127. The third kappa shape index (κ3) is 9.05. The predicted molar refractivity (Wildman–Crippen MR) is 125 cm³/mol. The van der Waals surface area contributed by atoms with E-state index >= 15 is 0 Å². The number of thioether (sulfide) groups is 1. The summed E-state index contributed by atoms with van der Waals surface area (Å²) in [6.07, 6.45) is 3.41. The highest BCUT2D eigenvalue weighted by molar-refractivity contribution is 14.0. The van der Waals surface area contributed by atoms with E-state index in [4.69, 9.17) is 4.74 Å². The van der Waals surface area contributed by atoms with Crippen molar-refractivity contribution in [3.8, 4) is 5.75 Å². The fraction of sp³-hybridized carbons (Fsp3) is 0.579. The number of benzene rings is 1. The molecule has 2 rings (SSSR count). The van der Waals surface area contributed by atoms with Gasteiger partial charge in [-0.05, 0) is 42.7 Å². The van der Waals surface area contributed by atoms with Crippen LogP contribution in [0, 0.1) is 0 Å². The van der Waals surface area contributed by atoms with Crippen LogP contribution in [0.4, 0.5) is 0 Å². The van der Waals surface area contributed by atoms with Crippen LogP contribution in [0.25, 0.3) is 0 Å². The summed E-state index contributed by atoms with van der Waals surface area (Å²) in [5.41, 5.74) is 1.23. The van der Waals surface area contributed by atoms with Crippen LogP contribution in [-0.4, -0.2) is 68.6 Å². The lowest BCUT2D eigenvalue weighted by atomic mass is 10.1. The number of rotatable bonds is 8. The molecule has 0 saturated carbocycles. The Morgan fingerprint density at radius 1 is 1.30 bits per heavy atom. The van der Waals surface area contributed by atoms with Crippen LogP contribution in [0.1, 0.15) is 18.4 Å². The van der Waals surface area contributed by atoms with Gasteiger partial charge in [-0.3, -0.25) is 4.79 Å². The van der Waals surface area contributed by atoms with Crippen molar-refractivity contribution in [3.63, 3.8) is 0 Å². The molecule has 1 heterocycles. The third-order valence-electron chi connectivity index (χ3n) is 4.26. The number of ether oxygens (including phenoxy) is 1. The summed E-state index contributed by atoms with van der Waals surface area (Å²) < 4.78 is 5.18. The lowest BCUT2D eigenvalue weighted by Gasteiger charge is -2.16. The van der Waals surface area contributed by atoms with Crippen LogP contribution in [-0.2, 0) is 11.2 Å². The number of amides is 1. The Morgan fingerprint density at radius 2 is 2.04 bits per heavy atom. The van der Waals surface area contributed by atoms with Gasteiger partial charge in [-0.15, -0.1) is 24.0 Å². The Hall–Kier alpha value is -1.16. The summed E-state index contributed by atoms with van der Waals surface area (Å²) in [4.78, 5) is 17.8. The van der Waals surface area contributed by atoms with Crippen LogP contribution in [0.15, 0.2) is 29.3 Å².